The lowest BCUT2D eigenvalue weighted by molar-refractivity contribution is 0.660. The molecule has 1 heterocycles. The molecule has 0 fully saturated rings. The van der Waals surface area contributed by atoms with Gasteiger partial charge in [0.15, 0.2) is 0 Å². The number of nitrogen functional groups attached to an aromatic ring is 1. The van der Waals surface area contributed by atoms with Crippen LogP contribution in [-0.2, 0) is 6.54 Å². The van der Waals surface area contributed by atoms with Crippen LogP contribution >= 0.6 is 11.6 Å². The van der Waals surface area contributed by atoms with E-state index in [9.17, 15) is 0 Å². The molecule has 0 aliphatic carbocycles. The van der Waals surface area contributed by atoms with E-state index in [-0.39, 0.29) is 0 Å². The number of aromatic nitrogens is 2. The first-order chi connectivity index (χ1) is 7.20. The number of anilines is 1. The van der Waals surface area contributed by atoms with Crippen LogP contribution in [0.2, 0.25) is 5.02 Å². The first kappa shape index (κ1) is 10.1. The first-order valence-electron chi connectivity index (χ1n) is 4.78. The Morgan fingerprint density at radius 3 is 2.87 bits per heavy atom. The SMILES string of the molecule is CCn1cc(-c2ccc(N)cc2Cl)cn1. The molecule has 1 aromatic carbocycles. The van der Waals surface area contributed by atoms with Crippen molar-refractivity contribution < 1.29 is 0 Å². The van der Waals surface area contributed by atoms with Gasteiger partial charge in [-0.3, -0.25) is 4.68 Å². The van der Waals surface area contributed by atoms with Gasteiger partial charge in [-0.05, 0) is 19.1 Å². The molecule has 15 heavy (non-hydrogen) atoms. The highest BCUT2D eigenvalue weighted by atomic mass is 35.5. The third-order valence-electron chi connectivity index (χ3n) is 2.26. The van der Waals surface area contributed by atoms with Gasteiger partial charge in [0.2, 0.25) is 0 Å². The van der Waals surface area contributed by atoms with Gasteiger partial charge >= 0.3 is 0 Å². The lowest BCUT2D eigenvalue weighted by Gasteiger charge is -2.01. The molecule has 0 saturated heterocycles. The lowest BCUT2D eigenvalue weighted by Crippen LogP contribution is -1.92. The summed E-state index contributed by atoms with van der Waals surface area (Å²) in [5.74, 6) is 0. The van der Waals surface area contributed by atoms with Gasteiger partial charge in [-0.1, -0.05) is 17.7 Å². The Bertz CT molecular complexity index is 476. The van der Waals surface area contributed by atoms with E-state index in [4.69, 9.17) is 17.3 Å². The number of rotatable bonds is 2. The van der Waals surface area contributed by atoms with E-state index in [1.165, 1.54) is 0 Å². The molecule has 2 aromatic rings. The molecule has 3 nitrogen and oxygen atoms in total. The zero-order valence-corrected chi connectivity index (χ0v) is 9.20. The van der Waals surface area contributed by atoms with Crippen molar-refractivity contribution in [2.45, 2.75) is 13.5 Å². The van der Waals surface area contributed by atoms with Gasteiger partial charge in [-0.2, -0.15) is 5.10 Å². The van der Waals surface area contributed by atoms with Crippen LogP contribution in [-0.4, -0.2) is 9.78 Å². The predicted octanol–water partition coefficient (Wildman–Crippen LogP) is 2.81. The molecule has 0 spiro atoms. The van der Waals surface area contributed by atoms with Crippen LogP contribution < -0.4 is 5.73 Å². The molecule has 2 rings (SSSR count). The number of nitrogens with zero attached hydrogens (tertiary/aromatic N) is 2. The van der Waals surface area contributed by atoms with Crippen LogP contribution in [0.4, 0.5) is 5.69 Å². The standard InChI is InChI=1S/C11H12ClN3/c1-2-15-7-8(6-14-15)10-4-3-9(13)5-11(10)12/h3-7H,2,13H2,1H3. The fraction of sp³-hybridized carbons (Fsp3) is 0.182. The maximum Gasteiger partial charge on any atom is 0.0568 e. The van der Waals surface area contributed by atoms with Crippen molar-refractivity contribution >= 4 is 17.3 Å². The third kappa shape index (κ3) is 1.97. The van der Waals surface area contributed by atoms with Gasteiger partial charge in [-0.25, -0.2) is 0 Å². The second-order valence-electron chi connectivity index (χ2n) is 3.32. The molecule has 0 amide bonds. The van der Waals surface area contributed by atoms with Gasteiger partial charge in [0, 0.05) is 29.6 Å². The zero-order valence-electron chi connectivity index (χ0n) is 8.44. The molecule has 2 N–H and O–H groups in total. The summed E-state index contributed by atoms with van der Waals surface area (Å²) >= 11 is 6.10. The summed E-state index contributed by atoms with van der Waals surface area (Å²) in [6.07, 6.45) is 3.78. The van der Waals surface area contributed by atoms with E-state index in [1.54, 1.807) is 12.3 Å². The van der Waals surface area contributed by atoms with Crippen molar-refractivity contribution in [2.24, 2.45) is 0 Å². The molecule has 0 aliphatic heterocycles. The van der Waals surface area contributed by atoms with Crippen LogP contribution in [0.3, 0.4) is 0 Å². The Kier molecular flexibility index (Phi) is 2.64. The number of hydrogen-bond donors (Lipinski definition) is 1. The predicted molar refractivity (Wildman–Crippen MR) is 62.8 cm³/mol. The van der Waals surface area contributed by atoms with Crippen molar-refractivity contribution in [1.29, 1.82) is 0 Å². The number of aryl methyl sites for hydroxylation is 1. The van der Waals surface area contributed by atoms with Crippen molar-refractivity contribution in [3.8, 4) is 11.1 Å². The van der Waals surface area contributed by atoms with Crippen LogP contribution in [0.15, 0.2) is 30.6 Å². The highest BCUT2D eigenvalue weighted by molar-refractivity contribution is 6.33. The van der Waals surface area contributed by atoms with E-state index < -0.39 is 0 Å². The van der Waals surface area contributed by atoms with Gasteiger partial charge < -0.3 is 5.73 Å². The minimum atomic E-state index is 0.658. The summed E-state index contributed by atoms with van der Waals surface area (Å²) in [5, 5.41) is 4.86. The molecule has 0 unspecified atom stereocenters. The number of nitrogens with two attached hydrogens (primary N) is 1. The van der Waals surface area contributed by atoms with E-state index in [2.05, 4.69) is 5.10 Å². The molecule has 1 aromatic heterocycles. The molecule has 0 bridgehead atoms. The third-order valence-corrected chi connectivity index (χ3v) is 2.57. The zero-order chi connectivity index (χ0) is 10.8. The van der Waals surface area contributed by atoms with Crippen molar-refractivity contribution in [3.05, 3.63) is 35.6 Å². The molecular formula is C11H12ClN3. The fourth-order valence-corrected chi connectivity index (χ4v) is 1.74. The van der Waals surface area contributed by atoms with E-state index >= 15 is 0 Å². The summed E-state index contributed by atoms with van der Waals surface area (Å²) in [6.45, 7) is 2.90. The Hall–Kier alpha value is -1.48. The average molecular weight is 222 g/mol. The quantitative estimate of drug-likeness (QED) is 0.793. The number of hydrogen-bond acceptors (Lipinski definition) is 2. The van der Waals surface area contributed by atoms with Gasteiger partial charge in [0.1, 0.15) is 0 Å². The highest BCUT2D eigenvalue weighted by Gasteiger charge is 2.05. The van der Waals surface area contributed by atoms with Crippen molar-refractivity contribution in [1.82, 2.24) is 9.78 Å². The summed E-state index contributed by atoms with van der Waals surface area (Å²) in [7, 11) is 0. The summed E-state index contributed by atoms with van der Waals surface area (Å²) in [5.41, 5.74) is 8.28. The number of benzene rings is 1. The second kappa shape index (κ2) is 3.95. The normalized spacial score (nSPS) is 10.5. The van der Waals surface area contributed by atoms with E-state index in [0.29, 0.717) is 10.7 Å². The van der Waals surface area contributed by atoms with Crippen LogP contribution in [0, 0.1) is 0 Å². The van der Waals surface area contributed by atoms with E-state index in [0.717, 1.165) is 17.7 Å². The second-order valence-corrected chi connectivity index (χ2v) is 3.73. The largest absolute Gasteiger partial charge is 0.399 e. The molecule has 0 atom stereocenters. The summed E-state index contributed by atoms with van der Waals surface area (Å²) in [4.78, 5) is 0. The summed E-state index contributed by atoms with van der Waals surface area (Å²) < 4.78 is 1.86. The smallest absolute Gasteiger partial charge is 0.0568 e. The van der Waals surface area contributed by atoms with Crippen LogP contribution in [0.25, 0.3) is 11.1 Å². The number of halogens is 1. The van der Waals surface area contributed by atoms with Crippen molar-refractivity contribution in [2.75, 3.05) is 5.73 Å². The summed E-state index contributed by atoms with van der Waals surface area (Å²) in [6, 6.07) is 5.50. The van der Waals surface area contributed by atoms with Gasteiger partial charge in [0.25, 0.3) is 0 Å². The average Bonchev–Trinajstić information content (AvgIpc) is 2.66. The Morgan fingerprint density at radius 2 is 2.27 bits per heavy atom. The maximum absolute atomic E-state index is 6.10. The lowest BCUT2D eigenvalue weighted by atomic mass is 10.1. The molecule has 0 saturated carbocycles. The van der Waals surface area contributed by atoms with Gasteiger partial charge in [0.05, 0.1) is 11.2 Å². The minimum Gasteiger partial charge on any atom is -0.399 e. The monoisotopic (exact) mass is 221 g/mol. The highest BCUT2D eigenvalue weighted by Crippen LogP contribution is 2.28. The fourth-order valence-electron chi connectivity index (χ4n) is 1.44. The van der Waals surface area contributed by atoms with Crippen LogP contribution in [0.1, 0.15) is 6.92 Å². The molecule has 0 aliphatic rings. The minimum absolute atomic E-state index is 0.658. The van der Waals surface area contributed by atoms with Crippen LogP contribution in [0.5, 0.6) is 0 Å². The Balaban J connectivity index is 2.44. The van der Waals surface area contributed by atoms with Gasteiger partial charge in [-0.15, -0.1) is 0 Å². The Labute approximate surface area is 93.5 Å². The maximum atomic E-state index is 6.10. The van der Waals surface area contributed by atoms with Crippen molar-refractivity contribution in [3.63, 3.8) is 0 Å². The molecule has 4 heteroatoms. The topological polar surface area (TPSA) is 43.8 Å². The first-order valence-corrected chi connectivity index (χ1v) is 5.16. The molecular weight excluding hydrogens is 210 g/mol. The molecule has 0 radical (unpaired) electrons. The van der Waals surface area contributed by atoms with E-state index in [1.807, 2.05) is 29.9 Å². The Morgan fingerprint density at radius 1 is 1.47 bits per heavy atom. The molecule has 78 valence electrons.